The van der Waals surface area contributed by atoms with E-state index in [-0.39, 0.29) is 5.82 Å². The number of thiazole rings is 1. The number of alkyl halides is 1. The number of rotatable bonds is 4. The predicted molar refractivity (Wildman–Crippen MR) is 84.2 cm³/mol. The highest BCUT2D eigenvalue weighted by molar-refractivity contribution is 9.08. The zero-order chi connectivity index (χ0) is 14.1. The molecule has 6 heteroatoms. The maximum Gasteiger partial charge on any atom is 0.195 e. The summed E-state index contributed by atoms with van der Waals surface area (Å²) < 4.78 is 15.3. The summed E-state index contributed by atoms with van der Waals surface area (Å²) in [6.07, 6.45) is 2.02. The molecule has 0 aliphatic heterocycles. The third-order valence-electron chi connectivity index (χ3n) is 3.14. The van der Waals surface area contributed by atoms with Crippen molar-refractivity contribution >= 4 is 38.0 Å². The first-order chi connectivity index (χ1) is 9.69. The van der Waals surface area contributed by atoms with Gasteiger partial charge >= 0.3 is 0 Å². The molecule has 2 heterocycles. The number of anilines is 1. The Labute approximate surface area is 128 Å². The van der Waals surface area contributed by atoms with Gasteiger partial charge in [-0.25, -0.2) is 9.37 Å². The van der Waals surface area contributed by atoms with Gasteiger partial charge in [0.2, 0.25) is 0 Å². The lowest BCUT2D eigenvalue weighted by molar-refractivity contribution is 0.625. The third kappa shape index (κ3) is 2.45. The van der Waals surface area contributed by atoms with Gasteiger partial charge in [-0.3, -0.25) is 4.40 Å². The second-order valence-corrected chi connectivity index (χ2v) is 5.99. The molecule has 0 unspecified atom stereocenters. The summed E-state index contributed by atoms with van der Waals surface area (Å²) in [5.74, 6) is 0.723. The lowest BCUT2D eigenvalue weighted by Crippen LogP contribution is -2.18. The van der Waals surface area contributed by atoms with E-state index in [0.717, 1.165) is 27.4 Å². The van der Waals surface area contributed by atoms with Gasteiger partial charge in [-0.05, 0) is 17.7 Å². The molecule has 0 bridgehead atoms. The molecule has 20 heavy (non-hydrogen) atoms. The van der Waals surface area contributed by atoms with Crippen molar-refractivity contribution in [2.45, 2.75) is 11.9 Å². The van der Waals surface area contributed by atoms with Gasteiger partial charge in [-0.1, -0.05) is 28.1 Å². The van der Waals surface area contributed by atoms with Crippen molar-refractivity contribution in [3.05, 3.63) is 52.9 Å². The summed E-state index contributed by atoms with van der Waals surface area (Å²) in [6, 6.07) is 6.67. The number of hydrogen-bond acceptors (Lipinski definition) is 3. The van der Waals surface area contributed by atoms with Gasteiger partial charge in [0.1, 0.15) is 5.82 Å². The van der Waals surface area contributed by atoms with Crippen molar-refractivity contribution in [1.29, 1.82) is 0 Å². The molecule has 104 valence electrons. The van der Waals surface area contributed by atoms with E-state index in [1.54, 1.807) is 23.5 Å². The van der Waals surface area contributed by atoms with Crippen LogP contribution >= 0.6 is 27.3 Å². The minimum Gasteiger partial charge on any atom is -0.354 e. The molecular formula is C14H13BrFN3S. The molecule has 3 nitrogen and oxygen atoms in total. The monoisotopic (exact) mass is 353 g/mol. The molecule has 3 rings (SSSR count). The van der Waals surface area contributed by atoms with Gasteiger partial charge in [-0.2, -0.15) is 0 Å². The van der Waals surface area contributed by atoms with Crippen LogP contribution in [0.4, 0.5) is 10.2 Å². The zero-order valence-electron chi connectivity index (χ0n) is 10.9. The van der Waals surface area contributed by atoms with E-state index in [2.05, 4.69) is 25.3 Å². The molecule has 0 aliphatic rings. The topological polar surface area (TPSA) is 20.5 Å². The average molecular weight is 354 g/mol. The molecule has 0 aliphatic carbocycles. The van der Waals surface area contributed by atoms with E-state index in [1.807, 2.05) is 29.6 Å². The number of nitrogens with zero attached hydrogens (tertiary/aromatic N) is 3. The lowest BCUT2D eigenvalue weighted by atomic mass is 10.2. The van der Waals surface area contributed by atoms with Crippen LogP contribution in [0.15, 0.2) is 35.8 Å². The molecule has 0 saturated heterocycles. The van der Waals surface area contributed by atoms with Crippen molar-refractivity contribution in [1.82, 2.24) is 9.38 Å². The van der Waals surface area contributed by atoms with Crippen LogP contribution in [0.25, 0.3) is 4.96 Å². The Morgan fingerprint density at radius 2 is 2.30 bits per heavy atom. The Kier molecular flexibility index (Phi) is 3.76. The van der Waals surface area contributed by atoms with E-state index in [0.29, 0.717) is 6.54 Å². The quantitative estimate of drug-likeness (QED) is 0.659. The molecule has 2 aromatic heterocycles. The molecule has 1 aromatic carbocycles. The smallest absolute Gasteiger partial charge is 0.195 e. The van der Waals surface area contributed by atoms with Crippen molar-refractivity contribution in [3.63, 3.8) is 0 Å². The number of benzene rings is 1. The highest BCUT2D eigenvalue weighted by Crippen LogP contribution is 2.26. The van der Waals surface area contributed by atoms with E-state index in [4.69, 9.17) is 0 Å². The fourth-order valence-electron chi connectivity index (χ4n) is 2.24. The molecule has 0 fully saturated rings. The van der Waals surface area contributed by atoms with E-state index in [1.165, 1.54) is 6.07 Å². The van der Waals surface area contributed by atoms with Crippen LogP contribution in [0.1, 0.15) is 11.3 Å². The first-order valence-corrected chi connectivity index (χ1v) is 8.15. The maximum atomic E-state index is 13.2. The first-order valence-electron chi connectivity index (χ1n) is 6.15. The van der Waals surface area contributed by atoms with E-state index < -0.39 is 0 Å². The van der Waals surface area contributed by atoms with Crippen molar-refractivity contribution in [2.24, 2.45) is 0 Å². The largest absolute Gasteiger partial charge is 0.354 e. The molecule has 0 atom stereocenters. The Hall–Kier alpha value is -1.40. The molecule has 0 spiro atoms. The molecule has 0 N–H and O–H groups in total. The number of imidazole rings is 1. The van der Waals surface area contributed by atoms with E-state index in [9.17, 15) is 4.39 Å². The molecule has 0 saturated carbocycles. The number of halogens is 2. The fourth-order valence-corrected chi connectivity index (χ4v) is 3.48. The normalized spacial score (nSPS) is 11.2. The number of aromatic nitrogens is 2. The van der Waals surface area contributed by atoms with Crippen LogP contribution in [-0.2, 0) is 11.9 Å². The highest BCUT2D eigenvalue weighted by atomic mass is 79.9. The van der Waals surface area contributed by atoms with Crippen LogP contribution in [0.5, 0.6) is 0 Å². The van der Waals surface area contributed by atoms with Gasteiger partial charge in [0.25, 0.3) is 0 Å². The fraction of sp³-hybridized carbons (Fsp3) is 0.214. The second kappa shape index (κ2) is 5.54. The second-order valence-electron chi connectivity index (χ2n) is 4.56. The summed E-state index contributed by atoms with van der Waals surface area (Å²) in [5, 5.41) is 2.75. The van der Waals surface area contributed by atoms with Gasteiger partial charge < -0.3 is 4.90 Å². The predicted octanol–water partition coefficient (Wildman–Crippen LogP) is 4.07. The minimum atomic E-state index is -0.206. The van der Waals surface area contributed by atoms with Gasteiger partial charge in [0.15, 0.2) is 10.8 Å². The molecular weight excluding hydrogens is 341 g/mol. The van der Waals surface area contributed by atoms with E-state index >= 15 is 0 Å². The first kappa shape index (κ1) is 13.6. The number of fused-ring (bicyclic) bond motifs is 1. The number of hydrogen-bond donors (Lipinski definition) is 0. The average Bonchev–Trinajstić information content (AvgIpc) is 2.98. The van der Waals surface area contributed by atoms with Gasteiger partial charge in [-0.15, -0.1) is 11.3 Å². The maximum absolute atomic E-state index is 13.2. The van der Waals surface area contributed by atoms with Crippen molar-refractivity contribution < 1.29 is 4.39 Å². The summed E-state index contributed by atoms with van der Waals surface area (Å²) in [5.41, 5.74) is 2.05. The molecule has 3 aromatic rings. The Morgan fingerprint density at radius 3 is 3.05 bits per heavy atom. The lowest BCUT2D eigenvalue weighted by Gasteiger charge is -2.18. The summed E-state index contributed by atoms with van der Waals surface area (Å²) in [4.78, 5) is 7.67. The van der Waals surface area contributed by atoms with Gasteiger partial charge in [0.05, 0.1) is 5.69 Å². The standard InChI is InChI=1S/C14H13BrFN3S/c1-18(9-10-3-2-4-11(16)7-10)13-12(8-15)19-5-6-20-14(19)17-13/h2-7H,8-9H2,1H3. The molecule has 0 amide bonds. The highest BCUT2D eigenvalue weighted by Gasteiger charge is 2.15. The Balaban J connectivity index is 1.92. The van der Waals surface area contributed by atoms with Crippen molar-refractivity contribution in [3.8, 4) is 0 Å². The minimum absolute atomic E-state index is 0.206. The zero-order valence-corrected chi connectivity index (χ0v) is 13.3. The van der Waals surface area contributed by atoms with Crippen molar-refractivity contribution in [2.75, 3.05) is 11.9 Å². The van der Waals surface area contributed by atoms with Crippen LogP contribution < -0.4 is 4.90 Å². The van der Waals surface area contributed by atoms with Crippen LogP contribution in [0.3, 0.4) is 0 Å². The summed E-state index contributed by atoms with van der Waals surface area (Å²) in [6.45, 7) is 0.628. The molecule has 0 radical (unpaired) electrons. The Morgan fingerprint density at radius 1 is 1.45 bits per heavy atom. The third-order valence-corrected chi connectivity index (χ3v) is 4.42. The Bertz CT molecular complexity index is 737. The van der Waals surface area contributed by atoms with Crippen LogP contribution in [0, 0.1) is 5.82 Å². The van der Waals surface area contributed by atoms with Crippen LogP contribution in [-0.4, -0.2) is 16.4 Å². The summed E-state index contributed by atoms with van der Waals surface area (Å²) in [7, 11) is 1.98. The van der Waals surface area contributed by atoms with Crippen LogP contribution in [0.2, 0.25) is 0 Å². The SMILES string of the molecule is CN(Cc1cccc(F)c1)c1nc2sccn2c1CBr. The van der Waals surface area contributed by atoms with Gasteiger partial charge in [0, 0.05) is 30.5 Å². The summed E-state index contributed by atoms with van der Waals surface area (Å²) >= 11 is 5.12.